The van der Waals surface area contributed by atoms with Crippen LogP contribution in [0.15, 0.2) is 17.0 Å². The van der Waals surface area contributed by atoms with Gasteiger partial charge in [-0.2, -0.15) is 0 Å². The van der Waals surface area contributed by atoms with E-state index >= 15 is 0 Å². The van der Waals surface area contributed by atoms with E-state index in [1.54, 1.807) is 20.8 Å². The van der Waals surface area contributed by atoms with Gasteiger partial charge in [-0.25, -0.2) is 8.42 Å². The third kappa shape index (κ3) is 2.83. The van der Waals surface area contributed by atoms with Gasteiger partial charge in [0, 0.05) is 11.1 Å². The van der Waals surface area contributed by atoms with Gasteiger partial charge in [0.05, 0.1) is 4.90 Å². The third-order valence-electron chi connectivity index (χ3n) is 2.47. The van der Waals surface area contributed by atoms with Gasteiger partial charge in [-0.05, 0) is 23.1 Å². The largest absolute Gasteiger partial charge is 0.744 e. The van der Waals surface area contributed by atoms with Crippen molar-refractivity contribution in [3.8, 4) is 0 Å². The maximum atomic E-state index is 11.0. The van der Waals surface area contributed by atoms with Crippen LogP contribution in [0.25, 0.3) is 0 Å². The fourth-order valence-corrected chi connectivity index (χ4v) is 2.40. The predicted molar refractivity (Wildman–Crippen MR) is 63.9 cm³/mol. The summed E-state index contributed by atoms with van der Waals surface area (Å²) in [6, 6.07) is 2.01. The van der Waals surface area contributed by atoms with Crippen molar-refractivity contribution in [3.63, 3.8) is 0 Å². The van der Waals surface area contributed by atoms with Gasteiger partial charge in [0.25, 0.3) is 0 Å². The highest BCUT2D eigenvalue weighted by Crippen LogP contribution is 2.30. The molecule has 0 N–H and O–H groups in total. The van der Waals surface area contributed by atoms with E-state index in [2.05, 4.69) is 0 Å². The van der Waals surface area contributed by atoms with Crippen LogP contribution in [0.1, 0.15) is 47.1 Å². The predicted octanol–water partition coefficient (Wildman–Crippen LogP) is 1.51. The molecule has 0 amide bonds. The number of carbonyl (C=O) groups is 2. The van der Waals surface area contributed by atoms with Crippen molar-refractivity contribution in [2.24, 2.45) is 0 Å². The first kappa shape index (κ1) is 14.5. The zero-order valence-electron chi connectivity index (χ0n) is 10.3. The minimum Gasteiger partial charge on any atom is -0.744 e. The fraction of sp³-hybridized carbons (Fsp3) is 0.333. The molecule has 0 fully saturated rings. The quantitative estimate of drug-likeness (QED) is 0.612. The average Bonchev–Trinajstić information content (AvgIpc) is 2.24. The molecule has 98 valence electrons. The van der Waals surface area contributed by atoms with E-state index in [9.17, 15) is 22.6 Å². The maximum Gasteiger partial charge on any atom is 0.150 e. The first-order valence-corrected chi connectivity index (χ1v) is 6.57. The Morgan fingerprint density at radius 1 is 1.06 bits per heavy atom. The molecule has 0 saturated heterocycles. The summed E-state index contributed by atoms with van der Waals surface area (Å²) in [6.07, 6.45) is 0.893. The van der Waals surface area contributed by atoms with Crippen molar-refractivity contribution in [2.45, 2.75) is 31.1 Å². The molecule has 0 aliphatic rings. The molecule has 0 radical (unpaired) electrons. The second-order valence-corrected chi connectivity index (χ2v) is 6.30. The van der Waals surface area contributed by atoms with Crippen LogP contribution in [0.5, 0.6) is 0 Å². The number of carbonyl (C=O) groups excluding carboxylic acids is 2. The molecule has 1 aromatic carbocycles. The lowest BCUT2D eigenvalue weighted by atomic mass is 9.81. The number of hydrogen-bond acceptors (Lipinski definition) is 5. The summed E-state index contributed by atoms with van der Waals surface area (Å²) >= 11 is 0. The highest BCUT2D eigenvalue weighted by atomic mass is 32.2. The van der Waals surface area contributed by atoms with Gasteiger partial charge in [0.1, 0.15) is 22.7 Å². The lowest BCUT2D eigenvalue weighted by Crippen LogP contribution is -2.18. The van der Waals surface area contributed by atoms with Gasteiger partial charge in [-0.3, -0.25) is 9.59 Å². The molecule has 1 rings (SSSR count). The van der Waals surface area contributed by atoms with E-state index in [0.717, 1.165) is 12.1 Å². The average molecular weight is 269 g/mol. The Hall–Kier alpha value is -1.53. The summed E-state index contributed by atoms with van der Waals surface area (Å²) in [5.74, 6) is 0. The SMILES string of the molecule is CC(C)(C)c1c(C=O)cc(S(=O)(=O)[O-])cc1C=O. The van der Waals surface area contributed by atoms with E-state index in [1.807, 2.05) is 0 Å². The number of hydrogen-bond donors (Lipinski definition) is 0. The maximum absolute atomic E-state index is 11.0. The van der Waals surface area contributed by atoms with E-state index in [-0.39, 0.29) is 11.1 Å². The highest BCUT2D eigenvalue weighted by molar-refractivity contribution is 7.85. The van der Waals surface area contributed by atoms with Crippen LogP contribution in [0.3, 0.4) is 0 Å². The number of benzene rings is 1. The zero-order valence-corrected chi connectivity index (χ0v) is 11.1. The molecule has 0 saturated carbocycles. The zero-order chi connectivity index (χ0) is 14.1. The summed E-state index contributed by atoms with van der Waals surface area (Å²) < 4.78 is 32.8. The molecular formula is C12H13O5S-. The molecule has 0 aliphatic carbocycles. The number of aldehydes is 2. The van der Waals surface area contributed by atoms with Crippen molar-refractivity contribution >= 4 is 22.7 Å². The molecule has 0 aliphatic heterocycles. The lowest BCUT2D eigenvalue weighted by Gasteiger charge is -2.24. The molecule has 1 aromatic rings. The second-order valence-electron chi connectivity index (χ2n) is 4.92. The topological polar surface area (TPSA) is 91.3 Å². The van der Waals surface area contributed by atoms with Crippen molar-refractivity contribution in [3.05, 3.63) is 28.8 Å². The highest BCUT2D eigenvalue weighted by Gasteiger charge is 2.23. The number of rotatable bonds is 3. The molecule has 0 heterocycles. The van der Waals surface area contributed by atoms with Crippen molar-refractivity contribution in [1.29, 1.82) is 0 Å². The third-order valence-corrected chi connectivity index (χ3v) is 3.28. The molecule has 0 atom stereocenters. The standard InChI is InChI=1S/C12H14O5S/c1-12(2,3)11-8(6-13)4-10(18(15,16)17)5-9(11)7-14/h4-7H,1-3H3,(H,15,16,17)/p-1. The smallest absolute Gasteiger partial charge is 0.150 e. The normalized spacial score (nSPS) is 12.2. The Morgan fingerprint density at radius 2 is 1.44 bits per heavy atom. The summed E-state index contributed by atoms with van der Waals surface area (Å²) in [5, 5.41) is 0. The van der Waals surface area contributed by atoms with E-state index in [4.69, 9.17) is 0 Å². The Labute approximate surface area is 106 Å². The van der Waals surface area contributed by atoms with Crippen molar-refractivity contribution < 1.29 is 22.6 Å². The Morgan fingerprint density at radius 3 is 1.67 bits per heavy atom. The van der Waals surface area contributed by atoms with Gasteiger partial charge in [0.2, 0.25) is 0 Å². The fourth-order valence-electron chi connectivity index (χ4n) is 1.86. The van der Waals surface area contributed by atoms with Gasteiger partial charge in [0.15, 0.2) is 0 Å². The van der Waals surface area contributed by atoms with Crippen LogP contribution in [0.2, 0.25) is 0 Å². The molecule has 0 unspecified atom stereocenters. The molecule has 0 spiro atoms. The monoisotopic (exact) mass is 269 g/mol. The summed E-state index contributed by atoms with van der Waals surface area (Å²) in [7, 11) is -4.70. The second kappa shape index (κ2) is 4.62. The molecule has 0 bridgehead atoms. The van der Waals surface area contributed by atoms with Crippen LogP contribution < -0.4 is 0 Å². The Balaban J connectivity index is 3.76. The Bertz CT molecular complexity index is 564. The molecule has 5 nitrogen and oxygen atoms in total. The molecule has 0 aromatic heterocycles. The van der Waals surface area contributed by atoms with Crippen molar-refractivity contribution in [2.75, 3.05) is 0 Å². The summed E-state index contributed by atoms with van der Waals surface area (Å²) in [6.45, 7) is 5.36. The van der Waals surface area contributed by atoms with Gasteiger partial charge < -0.3 is 4.55 Å². The summed E-state index contributed by atoms with van der Waals surface area (Å²) in [5.41, 5.74) is 0.000413. The van der Waals surface area contributed by atoms with Crippen LogP contribution in [0.4, 0.5) is 0 Å². The first-order chi connectivity index (χ1) is 8.11. The van der Waals surface area contributed by atoms with Crippen LogP contribution in [-0.4, -0.2) is 25.5 Å². The van der Waals surface area contributed by atoms with Gasteiger partial charge in [-0.15, -0.1) is 0 Å². The van der Waals surface area contributed by atoms with E-state index < -0.39 is 20.4 Å². The minimum atomic E-state index is -4.70. The molecular weight excluding hydrogens is 256 g/mol. The lowest BCUT2D eigenvalue weighted by molar-refractivity contribution is 0.112. The summed E-state index contributed by atoms with van der Waals surface area (Å²) in [4.78, 5) is 21.4. The van der Waals surface area contributed by atoms with Crippen molar-refractivity contribution in [1.82, 2.24) is 0 Å². The van der Waals surface area contributed by atoms with Gasteiger partial charge >= 0.3 is 0 Å². The van der Waals surface area contributed by atoms with Gasteiger partial charge in [-0.1, -0.05) is 20.8 Å². The van der Waals surface area contributed by atoms with E-state index in [1.165, 1.54) is 0 Å². The minimum absolute atomic E-state index is 0.0431. The van der Waals surface area contributed by atoms with Crippen LogP contribution >= 0.6 is 0 Å². The Kier molecular flexibility index (Phi) is 3.73. The first-order valence-electron chi connectivity index (χ1n) is 5.16. The van der Waals surface area contributed by atoms with Crippen LogP contribution in [-0.2, 0) is 15.5 Å². The van der Waals surface area contributed by atoms with E-state index in [0.29, 0.717) is 18.1 Å². The molecule has 6 heteroatoms. The van der Waals surface area contributed by atoms with Crippen LogP contribution in [0, 0.1) is 0 Å². The molecule has 18 heavy (non-hydrogen) atoms.